The minimum atomic E-state index is -1.76. The first-order valence-electron chi connectivity index (χ1n) is 21.6. The molecule has 0 aliphatic carbocycles. The summed E-state index contributed by atoms with van der Waals surface area (Å²) in [5, 5.41) is 43.5. The molecular formula is C41H67N13O12. The van der Waals surface area contributed by atoms with Crippen LogP contribution in [0, 0.1) is 5.92 Å². The summed E-state index contributed by atoms with van der Waals surface area (Å²) in [7, 11) is 0. The van der Waals surface area contributed by atoms with Gasteiger partial charge >= 0.3 is 5.97 Å². The van der Waals surface area contributed by atoms with Gasteiger partial charge in [0.05, 0.1) is 25.7 Å². The highest BCUT2D eigenvalue weighted by Gasteiger charge is 2.40. The fourth-order valence-corrected chi connectivity index (χ4v) is 6.89. The standard InChI is InChI=1S/C41H67N13O12/c1-22(2)32(53-33(58)24(43)12-6-7-15-42)38(63)51-28(20-55)36(61)49-27(19-31(44)57)35(60)48-25(13-8-16-47-41(45)46)39(64)54-17-9-14-30(54)37(62)50-26(18-23-10-4-3-5-11-23)34(59)52-29(21-56)40(65)66/h3-5,10-11,22,24-30,32,55-56H,6-9,12-21,42-43H2,1-2H3,(H2,44,57)(H,48,60)(H,49,61)(H,50,62)(H,51,63)(H,52,59)(H,53,58)(H,65,66)(H4,45,46,47)/t24-,25-,26-,27-,28-,29-,30-,32-/m0/s1. The summed E-state index contributed by atoms with van der Waals surface area (Å²) in [5.41, 5.74) is 28.4. The van der Waals surface area contributed by atoms with Crippen LogP contribution in [0.25, 0.3) is 0 Å². The number of amides is 8. The Kier molecular flexibility index (Phi) is 24.0. The summed E-state index contributed by atoms with van der Waals surface area (Å²) in [5.74, 6) is -9.50. The number of aliphatic imine (C=N–C) groups is 1. The molecule has 2 rings (SSSR count). The molecule has 1 aliphatic rings. The van der Waals surface area contributed by atoms with E-state index in [-0.39, 0.29) is 44.7 Å². The Labute approximate surface area is 382 Å². The van der Waals surface area contributed by atoms with Crippen LogP contribution in [-0.2, 0) is 49.6 Å². The Bertz CT molecular complexity index is 1850. The van der Waals surface area contributed by atoms with Crippen molar-refractivity contribution >= 4 is 59.2 Å². The third-order valence-corrected chi connectivity index (χ3v) is 10.5. The van der Waals surface area contributed by atoms with Gasteiger partial charge in [0.1, 0.15) is 42.3 Å². The first-order valence-corrected chi connectivity index (χ1v) is 21.6. The van der Waals surface area contributed by atoms with Crippen LogP contribution in [0.4, 0.5) is 0 Å². The van der Waals surface area contributed by atoms with Crippen molar-refractivity contribution in [1.82, 2.24) is 36.8 Å². The van der Waals surface area contributed by atoms with Crippen LogP contribution in [0.1, 0.15) is 70.8 Å². The van der Waals surface area contributed by atoms with Crippen molar-refractivity contribution in [3.8, 4) is 0 Å². The van der Waals surface area contributed by atoms with E-state index < -0.39 is 127 Å². The predicted molar refractivity (Wildman–Crippen MR) is 238 cm³/mol. The number of carbonyl (C=O) groups excluding carboxylic acids is 8. The average molecular weight is 934 g/mol. The minimum Gasteiger partial charge on any atom is -0.480 e. The number of primary amides is 1. The molecule has 1 aromatic carbocycles. The van der Waals surface area contributed by atoms with Gasteiger partial charge in [0.25, 0.3) is 0 Å². The van der Waals surface area contributed by atoms with Crippen molar-refractivity contribution in [3.05, 3.63) is 35.9 Å². The zero-order valence-corrected chi connectivity index (χ0v) is 37.3. The largest absolute Gasteiger partial charge is 0.480 e. The molecule has 0 bridgehead atoms. The van der Waals surface area contributed by atoms with Crippen LogP contribution in [0.15, 0.2) is 35.3 Å². The highest BCUT2D eigenvalue weighted by Crippen LogP contribution is 2.21. The molecule has 0 spiro atoms. The van der Waals surface area contributed by atoms with Crippen LogP contribution >= 0.6 is 0 Å². The van der Waals surface area contributed by atoms with Gasteiger partial charge in [0.15, 0.2) is 5.96 Å². The number of carboxylic acid groups (broad SMARTS) is 1. The highest BCUT2D eigenvalue weighted by atomic mass is 16.4. The lowest BCUT2D eigenvalue weighted by atomic mass is 10.0. The molecule has 0 radical (unpaired) electrons. The Morgan fingerprint density at radius 2 is 1.32 bits per heavy atom. The van der Waals surface area contributed by atoms with Crippen LogP contribution in [0.2, 0.25) is 0 Å². The molecular weight excluding hydrogens is 867 g/mol. The van der Waals surface area contributed by atoms with E-state index in [2.05, 4.69) is 36.9 Å². The molecule has 66 heavy (non-hydrogen) atoms. The first-order chi connectivity index (χ1) is 31.2. The molecule has 25 heteroatoms. The fourth-order valence-electron chi connectivity index (χ4n) is 6.89. The first kappa shape index (κ1) is 55.7. The number of aliphatic hydroxyl groups is 2. The monoisotopic (exact) mass is 934 g/mol. The predicted octanol–water partition coefficient (Wildman–Crippen LogP) is -5.76. The fraction of sp³-hybridized carbons (Fsp3) is 0.610. The molecule has 1 fully saturated rings. The number of aliphatic carboxylic acids is 1. The van der Waals surface area contributed by atoms with E-state index >= 15 is 0 Å². The zero-order chi connectivity index (χ0) is 49.5. The topological polar surface area (TPSA) is 432 Å². The maximum absolute atomic E-state index is 14.3. The molecule has 8 amide bonds. The van der Waals surface area contributed by atoms with Crippen LogP contribution in [0.5, 0.6) is 0 Å². The highest BCUT2D eigenvalue weighted by molar-refractivity contribution is 5.99. The van der Waals surface area contributed by atoms with Gasteiger partial charge in [-0.2, -0.15) is 0 Å². The number of hydrogen-bond donors (Lipinski definition) is 14. The summed E-state index contributed by atoms with van der Waals surface area (Å²) < 4.78 is 0. The van der Waals surface area contributed by atoms with E-state index in [4.69, 9.17) is 28.7 Å². The summed E-state index contributed by atoms with van der Waals surface area (Å²) in [6, 6.07) is -2.78. The molecule has 19 N–H and O–H groups in total. The number of nitrogens with zero attached hydrogens (tertiary/aromatic N) is 2. The smallest absolute Gasteiger partial charge is 0.328 e. The molecule has 8 atom stereocenters. The number of guanidine groups is 1. The normalized spacial score (nSPS) is 16.5. The number of hydrogen-bond acceptors (Lipinski definition) is 14. The van der Waals surface area contributed by atoms with E-state index in [0.717, 1.165) is 0 Å². The molecule has 1 aromatic rings. The van der Waals surface area contributed by atoms with Crippen molar-refractivity contribution in [1.29, 1.82) is 0 Å². The van der Waals surface area contributed by atoms with Crippen LogP contribution < -0.4 is 60.6 Å². The van der Waals surface area contributed by atoms with Gasteiger partial charge in [-0.15, -0.1) is 0 Å². The van der Waals surface area contributed by atoms with Gasteiger partial charge in [-0.05, 0) is 56.6 Å². The molecule has 368 valence electrons. The third-order valence-electron chi connectivity index (χ3n) is 10.5. The summed E-state index contributed by atoms with van der Waals surface area (Å²) >= 11 is 0. The molecule has 1 saturated heterocycles. The van der Waals surface area contributed by atoms with Crippen LogP contribution in [-0.4, -0.2) is 161 Å². The summed E-state index contributed by atoms with van der Waals surface area (Å²) in [4.78, 5) is 124. The quantitative estimate of drug-likeness (QED) is 0.0202. The second kappa shape index (κ2) is 28.5. The van der Waals surface area contributed by atoms with Gasteiger partial charge in [0, 0.05) is 19.5 Å². The number of likely N-dealkylation sites (tertiary alicyclic amines) is 1. The Balaban J connectivity index is 2.34. The summed E-state index contributed by atoms with van der Waals surface area (Å²) in [6.07, 6.45) is 1.03. The van der Waals surface area contributed by atoms with Crippen molar-refractivity contribution < 1.29 is 58.5 Å². The average Bonchev–Trinajstić information content (AvgIpc) is 3.77. The third kappa shape index (κ3) is 18.6. The Hall–Kier alpha value is -6.44. The molecule has 0 unspecified atom stereocenters. The molecule has 1 heterocycles. The number of rotatable bonds is 29. The number of carboxylic acids is 1. The molecule has 0 saturated carbocycles. The second-order valence-corrected chi connectivity index (χ2v) is 16.1. The lowest BCUT2D eigenvalue weighted by Crippen LogP contribution is -2.61. The van der Waals surface area contributed by atoms with Crippen molar-refractivity contribution in [2.24, 2.45) is 39.6 Å². The zero-order valence-electron chi connectivity index (χ0n) is 37.3. The second-order valence-electron chi connectivity index (χ2n) is 16.1. The molecule has 25 nitrogen and oxygen atoms in total. The number of benzene rings is 1. The number of unbranched alkanes of at least 4 members (excludes halogenated alkanes) is 1. The maximum atomic E-state index is 14.3. The van der Waals surface area contributed by atoms with E-state index in [1.807, 2.05) is 0 Å². The van der Waals surface area contributed by atoms with Gasteiger partial charge in [0.2, 0.25) is 47.3 Å². The van der Waals surface area contributed by atoms with E-state index in [1.165, 1.54) is 4.90 Å². The van der Waals surface area contributed by atoms with Crippen molar-refractivity contribution in [2.45, 2.75) is 120 Å². The lowest BCUT2D eigenvalue weighted by molar-refractivity contribution is -0.144. The number of nitrogens with two attached hydrogens (primary N) is 5. The van der Waals surface area contributed by atoms with E-state index in [9.17, 15) is 58.5 Å². The molecule has 1 aliphatic heterocycles. The number of nitrogens with one attached hydrogen (secondary N) is 6. The number of aliphatic hydroxyl groups excluding tert-OH is 2. The van der Waals surface area contributed by atoms with Crippen LogP contribution in [0.3, 0.4) is 0 Å². The minimum absolute atomic E-state index is 0.00469. The summed E-state index contributed by atoms with van der Waals surface area (Å²) in [6.45, 7) is 1.77. The van der Waals surface area contributed by atoms with E-state index in [1.54, 1.807) is 44.2 Å². The maximum Gasteiger partial charge on any atom is 0.328 e. The Morgan fingerprint density at radius 1 is 0.727 bits per heavy atom. The number of carbonyl (C=O) groups is 9. The Morgan fingerprint density at radius 3 is 1.89 bits per heavy atom. The van der Waals surface area contributed by atoms with Gasteiger partial charge in [-0.3, -0.25) is 43.3 Å². The molecule has 0 aromatic heterocycles. The van der Waals surface area contributed by atoms with Gasteiger partial charge < -0.3 is 80.8 Å². The lowest BCUT2D eigenvalue weighted by Gasteiger charge is -2.31. The van der Waals surface area contributed by atoms with Crippen molar-refractivity contribution in [3.63, 3.8) is 0 Å². The van der Waals surface area contributed by atoms with Gasteiger partial charge in [-0.25, -0.2) is 4.79 Å². The van der Waals surface area contributed by atoms with Gasteiger partial charge in [-0.1, -0.05) is 50.6 Å². The van der Waals surface area contributed by atoms with E-state index in [0.29, 0.717) is 37.8 Å². The SMILES string of the molecule is CC(C)[C@H](NC(=O)[C@@H](N)CCCCN)C(=O)N[C@@H](CO)C(=O)N[C@@H](CC(N)=O)C(=O)N[C@@H](CCCN=C(N)N)C(=O)N1CCC[C@H]1C(=O)N[C@@H](Cc1ccccc1)C(=O)N[C@@H](CO)C(=O)O. The van der Waals surface area contributed by atoms with Crippen molar-refractivity contribution in [2.75, 3.05) is 32.8 Å².